The van der Waals surface area contributed by atoms with Gasteiger partial charge in [-0.25, -0.2) is 14.5 Å². The Morgan fingerprint density at radius 2 is 1.18 bits per heavy atom. The minimum absolute atomic E-state index is 0.367. The van der Waals surface area contributed by atoms with Gasteiger partial charge >= 0.3 is 11.9 Å². The van der Waals surface area contributed by atoms with Gasteiger partial charge in [-0.1, -0.05) is 67.8 Å². The van der Waals surface area contributed by atoms with Gasteiger partial charge in [0.05, 0.1) is 0 Å². The average Bonchev–Trinajstić information content (AvgIpc) is 2.86. The average molecular weight is 442 g/mol. The van der Waals surface area contributed by atoms with Crippen molar-refractivity contribution in [3.63, 3.8) is 0 Å². The highest BCUT2D eigenvalue weighted by atomic mass is 17.1. The minimum atomic E-state index is -0.695. The van der Waals surface area contributed by atoms with Crippen LogP contribution in [0.4, 0.5) is 0 Å². The molecular weight excluding hydrogens is 420 g/mol. The summed E-state index contributed by atoms with van der Waals surface area (Å²) in [6.07, 6.45) is 5.04. The van der Waals surface area contributed by atoms with Crippen LogP contribution in [-0.4, -0.2) is 17.2 Å². The Bertz CT molecular complexity index is 1140. The summed E-state index contributed by atoms with van der Waals surface area (Å²) in [5.41, 5.74) is 3.56. The summed E-state index contributed by atoms with van der Waals surface area (Å²) in [7, 11) is 0. The van der Waals surface area contributed by atoms with Crippen molar-refractivity contribution in [1.82, 2.24) is 0 Å². The van der Waals surface area contributed by atoms with E-state index in [1.54, 1.807) is 42.5 Å². The molecule has 0 spiro atoms. The van der Waals surface area contributed by atoms with Crippen molar-refractivity contribution in [2.45, 2.75) is 6.10 Å². The molecule has 0 heterocycles. The van der Waals surface area contributed by atoms with Crippen molar-refractivity contribution in [2.75, 3.05) is 0 Å². The zero-order chi connectivity index (χ0) is 23.6. The van der Waals surface area contributed by atoms with Crippen LogP contribution in [0.1, 0.15) is 17.2 Å². The van der Waals surface area contributed by atoms with Gasteiger partial charge in [0.25, 0.3) is 0 Å². The van der Waals surface area contributed by atoms with Crippen molar-refractivity contribution in [3.8, 4) is 22.6 Å². The van der Waals surface area contributed by atoms with E-state index in [9.17, 15) is 14.8 Å². The van der Waals surface area contributed by atoms with Gasteiger partial charge in [0.15, 0.2) is 0 Å². The number of benzene rings is 3. The van der Waals surface area contributed by atoms with E-state index in [0.29, 0.717) is 17.1 Å². The van der Waals surface area contributed by atoms with Crippen molar-refractivity contribution in [3.05, 3.63) is 115 Å². The Labute approximate surface area is 191 Å². The molecule has 3 rings (SSSR count). The van der Waals surface area contributed by atoms with Crippen LogP contribution in [0.15, 0.2) is 104 Å². The Morgan fingerprint density at radius 1 is 0.727 bits per heavy atom. The molecule has 0 aliphatic rings. The Balaban J connectivity index is 1.66. The van der Waals surface area contributed by atoms with E-state index >= 15 is 0 Å². The van der Waals surface area contributed by atoms with Gasteiger partial charge in [-0.3, -0.25) is 5.26 Å². The number of ether oxygens (including phenoxy) is 2. The molecule has 0 aliphatic carbocycles. The van der Waals surface area contributed by atoms with E-state index in [1.165, 1.54) is 0 Å². The van der Waals surface area contributed by atoms with Crippen LogP contribution >= 0.6 is 0 Å². The van der Waals surface area contributed by atoms with Crippen LogP contribution in [0, 0.1) is 0 Å². The van der Waals surface area contributed by atoms with E-state index in [0.717, 1.165) is 28.8 Å². The van der Waals surface area contributed by atoms with Gasteiger partial charge in [-0.05, 0) is 52.6 Å². The van der Waals surface area contributed by atoms with Crippen molar-refractivity contribution >= 4 is 18.0 Å². The van der Waals surface area contributed by atoms with Gasteiger partial charge in [0.2, 0.25) is 0 Å². The van der Waals surface area contributed by atoms with E-state index in [2.05, 4.69) is 18.0 Å². The third kappa shape index (κ3) is 6.61. The van der Waals surface area contributed by atoms with Crippen LogP contribution in [0.25, 0.3) is 17.2 Å². The second kappa shape index (κ2) is 11.4. The molecule has 0 amide bonds. The lowest BCUT2D eigenvalue weighted by Crippen LogP contribution is -2.03. The van der Waals surface area contributed by atoms with E-state index < -0.39 is 18.0 Å². The molecule has 0 bridgehead atoms. The van der Waals surface area contributed by atoms with Gasteiger partial charge in [0, 0.05) is 12.2 Å². The largest absolute Gasteiger partial charge is 0.423 e. The van der Waals surface area contributed by atoms with Crippen LogP contribution in [0.2, 0.25) is 0 Å². The number of hydrogen-bond donors (Lipinski definition) is 1. The highest BCUT2D eigenvalue weighted by molar-refractivity contribution is 5.83. The first-order valence-electron chi connectivity index (χ1n) is 9.99. The first-order chi connectivity index (χ1) is 16.0. The predicted molar refractivity (Wildman–Crippen MR) is 125 cm³/mol. The summed E-state index contributed by atoms with van der Waals surface area (Å²) in [5.74, 6) is -0.235. The summed E-state index contributed by atoms with van der Waals surface area (Å²) < 4.78 is 10.1. The Hall–Kier alpha value is -4.26. The molecule has 166 valence electrons. The van der Waals surface area contributed by atoms with Gasteiger partial charge in [-0.15, -0.1) is 0 Å². The zero-order valence-electron chi connectivity index (χ0n) is 17.7. The third-order valence-corrected chi connectivity index (χ3v) is 4.65. The molecule has 0 saturated heterocycles. The highest BCUT2D eigenvalue weighted by Crippen LogP contribution is 2.25. The topological polar surface area (TPSA) is 82.1 Å². The number of hydrogen-bond acceptors (Lipinski definition) is 6. The SMILES string of the molecule is C=CC(=O)Oc1ccc(-c2ccc(/C=C/C(OO)c3ccc(OC(=O)C=C)cc3)cc2)cc1. The van der Waals surface area contributed by atoms with E-state index in [4.69, 9.17) is 9.47 Å². The summed E-state index contributed by atoms with van der Waals surface area (Å²) >= 11 is 0. The van der Waals surface area contributed by atoms with E-state index in [1.807, 2.05) is 42.5 Å². The lowest BCUT2D eigenvalue weighted by molar-refractivity contribution is -0.268. The second-order valence-electron chi connectivity index (χ2n) is 6.85. The van der Waals surface area contributed by atoms with E-state index in [-0.39, 0.29) is 0 Å². The molecule has 0 saturated carbocycles. The molecular formula is C27H22O6. The molecule has 1 unspecified atom stereocenters. The maximum atomic E-state index is 11.3. The van der Waals surface area contributed by atoms with Crippen molar-refractivity contribution < 1.29 is 29.2 Å². The molecule has 3 aromatic carbocycles. The molecule has 0 aromatic heterocycles. The fourth-order valence-corrected chi connectivity index (χ4v) is 2.95. The molecule has 1 atom stereocenters. The Kier molecular flexibility index (Phi) is 8.07. The number of carbonyl (C=O) groups excluding carboxylic acids is 2. The fourth-order valence-electron chi connectivity index (χ4n) is 2.95. The summed E-state index contributed by atoms with van der Waals surface area (Å²) in [6.45, 7) is 6.72. The fraction of sp³-hybridized carbons (Fsp3) is 0.0370. The molecule has 33 heavy (non-hydrogen) atoms. The standard InChI is InChI=1S/C27H22O6/c1-3-26(28)31-23-14-10-21(11-15-23)20-8-5-19(6-9-20)7-18-25(33-30)22-12-16-24(17-13-22)32-27(29)4-2/h3-18,25,30H,1-2H2/b18-7+. The lowest BCUT2D eigenvalue weighted by Gasteiger charge is -2.10. The van der Waals surface area contributed by atoms with Gasteiger partial charge in [0.1, 0.15) is 17.6 Å². The maximum Gasteiger partial charge on any atom is 0.335 e. The van der Waals surface area contributed by atoms with Crippen molar-refractivity contribution in [2.24, 2.45) is 0 Å². The quantitative estimate of drug-likeness (QED) is 0.149. The zero-order valence-corrected chi connectivity index (χ0v) is 17.7. The molecule has 0 radical (unpaired) electrons. The lowest BCUT2D eigenvalue weighted by atomic mass is 10.0. The van der Waals surface area contributed by atoms with Crippen LogP contribution < -0.4 is 9.47 Å². The smallest absolute Gasteiger partial charge is 0.335 e. The summed E-state index contributed by atoms with van der Waals surface area (Å²) in [5, 5.41) is 9.31. The van der Waals surface area contributed by atoms with Gasteiger partial charge in [-0.2, -0.15) is 0 Å². The minimum Gasteiger partial charge on any atom is -0.423 e. The Morgan fingerprint density at radius 3 is 1.64 bits per heavy atom. The molecule has 6 heteroatoms. The third-order valence-electron chi connectivity index (χ3n) is 4.65. The summed E-state index contributed by atoms with van der Waals surface area (Å²) in [4.78, 5) is 27.1. The molecule has 3 aromatic rings. The van der Waals surface area contributed by atoms with Gasteiger partial charge < -0.3 is 9.47 Å². The normalized spacial score (nSPS) is 11.5. The molecule has 0 fully saturated rings. The van der Waals surface area contributed by atoms with Crippen LogP contribution in [-0.2, 0) is 14.5 Å². The first kappa shape index (κ1) is 23.4. The second-order valence-corrected chi connectivity index (χ2v) is 6.85. The predicted octanol–water partition coefficient (Wildman–Crippen LogP) is 5.78. The van der Waals surface area contributed by atoms with Crippen LogP contribution in [0.5, 0.6) is 11.5 Å². The van der Waals surface area contributed by atoms with Crippen molar-refractivity contribution in [1.29, 1.82) is 0 Å². The van der Waals surface area contributed by atoms with Crippen LogP contribution in [0.3, 0.4) is 0 Å². The number of carbonyl (C=O) groups is 2. The summed E-state index contributed by atoms with van der Waals surface area (Å²) in [6, 6.07) is 21.5. The monoisotopic (exact) mass is 442 g/mol. The number of esters is 2. The first-order valence-corrected chi connectivity index (χ1v) is 9.99. The molecule has 1 N–H and O–H groups in total. The number of rotatable bonds is 9. The molecule has 0 aliphatic heterocycles. The molecule has 6 nitrogen and oxygen atoms in total. The maximum absolute atomic E-state index is 11.3. The highest BCUT2D eigenvalue weighted by Gasteiger charge is 2.09.